The van der Waals surface area contributed by atoms with E-state index in [9.17, 15) is 31.1 Å². The van der Waals surface area contributed by atoms with Gasteiger partial charge in [-0.15, -0.1) is 13.2 Å². The van der Waals surface area contributed by atoms with E-state index in [4.69, 9.17) is 9.94 Å². The van der Waals surface area contributed by atoms with Gasteiger partial charge in [0.05, 0.1) is 11.6 Å². The number of benzene rings is 3. The van der Waals surface area contributed by atoms with Crippen LogP contribution in [0.2, 0.25) is 0 Å². The molecule has 1 N–H and O–H groups in total. The number of carbonyl (C=O) groups is 1. The van der Waals surface area contributed by atoms with Crippen LogP contribution in [0.3, 0.4) is 0 Å². The molecule has 11 heteroatoms. The lowest BCUT2D eigenvalue weighted by molar-refractivity contribution is -0.330. The highest BCUT2D eigenvalue weighted by atomic mass is 19.4. The molecule has 3 aromatic carbocycles. The average molecular weight is 511 g/mol. The van der Waals surface area contributed by atoms with Crippen molar-refractivity contribution in [2.75, 3.05) is 0 Å². The van der Waals surface area contributed by atoms with E-state index in [0.29, 0.717) is 17.2 Å². The minimum Gasteiger partial charge on any atom is -0.478 e. The summed E-state index contributed by atoms with van der Waals surface area (Å²) in [5, 5.41) is 10.3. The molecule has 2 unspecified atom stereocenters. The third-order valence-electron chi connectivity index (χ3n) is 5.82. The highest BCUT2D eigenvalue weighted by Gasteiger charge is 2.64. The molecule has 1 heterocycles. The molecule has 1 aliphatic rings. The minimum absolute atomic E-state index is 0.0497. The van der Waals surface area contributed by atoms with Crippen molar-refractivity contribution in [3.8, 4) is 5.75 Å². The summed E-state index contributed by atoms with van der Waals surface area (Å²) in [6, 6.07) is 16.5. The molecule has 1 saturated heterocycles. The molecule has 0 radical (unpaired) electrons. The van der Waals surface area contributed by atoms with E-state index in [0.717, 1.165) is 23.3 Å². The first kappa shape index (κ1) is 25.5. The average Bonchev–Trinajstić information content (AvgIpc) is 3.19. The second-order valence-corrected chi connectivity index (χ2v) is 8.20. The van der Waals surface area contributed by atoms with Crippen molar-refractivity contribution >= 4 is 5.97 Å². The zero-order chi connectivity index (χ0) is 26.1. The molecule has 0 aromatic heterocycles. The molecule has 0 saturated carbocycles. The number of carboxylic acid groups (broad SMARTS) is 1. The van der Waals surface area contributed by atoms with Crippen LogP contribution in [-0.2, 0) is 17.0 Å². The summed E-state index contributed by atoms with van der Waals surface area (Å²) >= 11 is 0. The number of aromatic carboxylic acids is 1. The molecule has 2 atom stereocenters. The first-order chi connectivity index (χ1) is 16.9. The van der Waals surface area contributed by atoms with Crippen LogP contribution in [-0.4, -0.2) is 28.7 Å². The Labute approximate surface area is 201 Å². The summed E-state index contributed by atoms with van der Waals surface area (Å²) in [6.45, 7) is -0.0667. The highest BCUT2D eigenvalue weighted by Crippen LogP contribution is 2.55. The molecule has 0 spiro atoms. The van der Waals surface area contributed by atoms with Crippen molar-refractivity contribution < 1.29 is 45.8 Å². The van der Waals surface area contributed by atoms with Gasteiger partial charge < -0.3 is 9.84 Å². The lowest BCUT2D eigenvalue weighted by Gasteiger charge is -2.32. The molecule has 0 bridgehead atoms. The van der Waals surface area contributed by atoms with Gasteiger partial charge in [-0.1, -0.05) is 54.6 Å². The first-order valence-electron chi connectivity index (χ1n) is 10.6. The Morgan fingerprint density at radius 2 is 1.64 bits per heavy atom. The first-order valence-corrected chi connectivity index (χ1v) is 10.6. The molecule has 1 fully saturated rings. The van der Waals surface area contributed by atoms with Crippen molar-refractivity contribution in [2.45, 2.75) is 37.1 Å². The van der Waals surface area contributed by atoms with Crippen LogP contribution >= 0.6 is 0 Å². The van der Waals surface area contributed by atoms with Crippen LogP contribution in [0.25, 0.3) is 0 Å². The molecule has 0 amide bonds. The fraction of sp³-hybridized carbons (Fsp3) is 0.240. The van der Waals surface area contributed by atoms with E-state index in [2.05, 4.69) is 4.74 Å². The number of nitrogens with zero attached hydrogens (tertiary/aromatic N) is 1. The SMILES string of the molecule is O=C(O)c1ccc(C2CC(c3cccc(OC(F)(F)F)c3)(C(F)(F)F)ON2Cc2ccccc2)cc1. The number of rotatable bonds is 6. The number of carboxylic acids is 1. The van der Waals surface area contributed by atoms with Crippen LogP contribution in [0.15, 0.2) is 78.9 Å². The Kier molecular flexibility index (Phi) is 6.72. The second kappa shape index (κ2) is 9.47. The van der Waals surface area contributed by atoms with Gasteiger partial charge >= 0.3 is 18.5 Å². The fourth-order valence-corrected chi connectivity index (χ4v) is 4.16. The van der Waals surface area contributed by atoms with Crippen LogP contribution in [0.5, 0.6) is 5.75 Å². The summed E-state index contributed by atoms with van der Waals surface area (Å²) in [4.78, 5) is 16.8. The van der Waals surface area contributed by atoms with Crippen molar-refractivity contribution in [3.05, 3.63) is 101 Å². The summed E-state index contributed by atoms with van der Waals surface area (Å²) in [5.41, 5.74) is -2.60. The molecule has 1 aliphatic heterocycles. The molecular weight excluding hydrogens is 492 g/mol. The van der Waals surface area contributed by atoms with E-state index < -0.39 is 47.9 Å². The maximum absolute atomic E-state index is 14.6. The van der Waals surface area contributed by atoms with Gasteiger partial charge in [-0.05, 0) is 41.0 Å². The molecule has 4 rings (SSSR count). The van der Waals surface area contributed by atoms with E-state index in [1.165, 1.54) is 24.3 Å². The van der Waals surface area contributed by atoms with Gasteiger partial charge in [0.1, 0.15) is 5.75 Å². The number of hydrogen-bond donors (Lipinski definition) is 1. The molecule has 3 aromatic rings. The number of ether oxygens (including phenoxy) is 1. The normalized spacial score (nSPS) is 20.9. The Balaban J connectivity index is 1.78. The summed E-state index contributed by atoms with van der Waals surface area (Å²) in [5.74, 6) is -2.01. The zero-order valence-corrected chi connectivity index (χ0v) is 18.4. The monoisotopic (exact) mass is 511 g/mol. The van der Waals surface area contributed by atoms with E-state index in [1.807, 2.05) is 0 Å². The molecule has 190 valence electrons. The third-order valence-corrected chi connectivity index (χ3v) is 5.82. The topological polar surface area (TPSA) is 59.0 Å². The van der Waals surface area contributed by atoms with Gasteiger partial charge in [0.15, 0.2) is 0 Å². The van der Waals surface area contributed by atoms with Crippen molar-refractivity contribution in [3.63, 3.8) is 0 Å². The van der Waals surface area contributed by atoms with Gasteiger partial charge in [0, 0.05) is 13.0 Å². The van der Waals surface area contributed by atoms with Crippen LogP contribution in [0.1, 0.15) is 39.5 Å². The standard InChI is InChI=1S/C25H19F6NO4/c26-24(27,28)23(19-7-4-8-20(13-19)35-25(29,30)31)14-21(17-9-11-18(12-10-17)22(33)34)32(36-23)15-16-5-2-1-3-6-16/h1-13,21H,14-15H2,(H,33,34). The largest absolute Gasteiger partial charge is 0.573 e. The maximum atomic E-state index is 14.6. The Morgan fingerprint density at radius 1 is 0.972 bits per heavy atom. The fourth-order valence-electron chi connectivity index (χ4n) is 4.16. The summed E-state index contributed by atoms with van der Waals surface area (Å²) < 4.78 is 86.0. The van der Waals surface area contributed by atoms with Crippen LogP contribution < -0.4 is 4.74 Å². The predicted octanol–water partition coefficient (Wildman–Crippen LogP) is 6.62. The van der Waals surface area contributed by atoms with Gasteiger partial charge in [-0.25, -0.2) is 4.79 Å². The lowest BCUT2D eigenvalue weighted by Crippen LogP contribution is -2.43. The quantitative estimate of drug-likeness (QED) is 0.377. The zero-order valence-electron chi connectivity index (χ0n) is 18.4. The number of hydroxylamine groups is 2. The summed E-state index contributed by atoms with van der Waals surface area (Å²) in [7, 11) is 0. The number of halogens is 6. The molecule has 36 heavy (non-hydrogen) atoms. The van der Waals surface area contributed by atoms with Gasteiger partial charge in [-0.2, -0.15) is 18.2 Å². The summed E-state index contributed by atoms with van der Waals surface area (Å²) in [6.07, 6.45) is -10.8. The van der Waals surface area contributed by atoms with Crippen molar-refractivity contribution in [1.29, 1.82) is 0 Å². The van der Waals surface area contributed by atoms with E-state index in [1.54, 1.807) is 30.3 Å². The van der Waals surface area contributed by atoms with Crippen molar-refractivity contribution in [1.82, 2.24) is 5.06 Å². The van der Waals surface area contributed by atoms with Crippen LogP contribution in [0.4, 0.5) is 26.3 Å². The van der Waals surface area contributed by atoms with Crippen LogP contribution in [0, 0.1) is 0 Å². The predicted molar refractivity (Wildman–Crippen MR) is 115 cm³/mol. The Bertz CT molecular complexity index is 1210. The molecule has 5 nitrogen and oxygen atoms in total. The minimum atomic E-state index is -5.09. The van der Waals surface area contributed by atoms with Gasteiger partial charge in [0.25, 0.3) is 0 Å². The van der Waals surface area contributed by atoms with Gasteiger partial charge in [-0.3, -0.25) is 4.84 Å². The number of hydrogen-bond acceptors (Lipinski definition) is 4. The molecule has 0 aliphatic carbocycles. The Hall–Kier alpha value is -3.57. The number of alkyl halides is 6. The third kappa shape index (κ3) is 5.31. The van der Waals surface area contributed by atoms with E-state index >= 15 is 0 Å². The lowest BCUT2D eigenvalue weighted by atomic mass is 9.85. The van der Waals surface area contributed by atoms with E-state index in [-0.39, 0.29) is 12.1 Å². The maximum Gasteiger partial charge on any atom is 0.573 e. The highest BCUT2D eigenvalue weighted by molar-refractivity contribution is 5.87. The smallest absolute Gasteiger partial charge is 0.478 e. The Morgan fingerprint density at radius 3 is 2.22 bits per heavy atom. The van der Waals surface area contributed by atoms with Gasteiger partial charge in [0.2, 0.25) is 5.60 Å². The second-order valence-electron chi connectivity index (χ2n) is 8.20. The molecular formula is C25H19F6NO4. The van der Waals surface area contributed by atoms with Crippen molar-refractivity contribution in [2.24, 2.45) is 0 Å².